The molecule has 1 saturated heterocycles. The van der Waals surface area contributed by atoms with Gasteiger partial charge in [-0.15, -0.1) is 11.8 Å². The second kappa shape index (κ2) is 3.61. The van der Waals surface area contributed by atoms with Crippen LogP contribution in [0, 0.1) is 0 Å². The molecule has 1 aliphatic heterocycles. The van der Waals surface area contributed by atoms with E-state index in [1.165, 1.54) is 11.8 Å². The number of aliphatic carboxylic acids is 1. The summed E-state index contributed by atoms with van der Waals surface area (Å²) in [5.41, 5.74) is 0. The van der Waals surface area contributed by atoms with Gasteiger partial charge < -0.3 is 5.11 Å². The number of hydrogen-bond acceptors (Lipinski definition) is 5. The molecule has 1 heterocycles. The Morgan fingerprint density at radius 3 is 3.00 bits per heavy atom. The minimum Gasteiger partial charge on any atom is -0.479 e. The molecule has 70 valence electrons. The van der Waals surface area contributed by atoms with E-state index in [0.717, 1.165) is 0 Å². The summed E-state index contributed by atoms with van der Waals surface area (Å²) < 4.78 is 0. The van der Waals surface area contributed by atoms with Gasteiger partial charge in [0.15, 0.2) is 4.87 Å². The number of carbonyl (C=O) groups is 1. The molecule has 0 bridgehead atoms. The van der Waals surface area contributed by atoms with Crippen molar-refractivity contribution in [3.63, 3.8) is 0 Å². The number of rotatable bonds is 3. The van der Waals surface area contributed by atoms with E-state index < -0.39 is 10.8 Å². The number of carboxylic acids is 1. The van der Waals surface area contributed by atoms with Crippen molar-refractivity contribution < 1.29 is 20.0 Å². The molecule has 5 nitrogen and oxygen atoms in total. The van der Waals surface area contributed by atoms with Gasteiger partial charge in [-0.05, 0) is 6.92 Å². The molecule has 0 saturated carbocycles. The first-order valence-corrected chi connectivity index (χ1v) is 4.48. The van der Waals surface area contributed by atoms with Crippen LogP contribution in [0.25, 0.3) is 0 Å². The summed E-state index contributed by atoms with van der Waals surface area (Å²) in [7, 11) is 0. The van der Waals surface area contributed by atoms with Crippen molar-refractivity contribution in [2.24, 2.45) is 0 Å². The van der Waals surface area contributed by atoms with E-state index in [2.05, 4.69) is 10.2 Å². The number of carboxylic acid groups (broad SMARTS) is 1. The van der Waals surface area contributed by atoms with Gasteiger partial charge in [-0.3, -0.25) is 10.6 Å². The monoisotopic (exact) mass is 193 g/mol. The third-order valence-electron chi connectivity index (χ3n) is 1.74. The Morgan fingerprint density at radius 2 is 2.58 bits per heavy atom. The van der Waals surface area contributed by atoms with Crippen LogP contribution in [0.5, 0.6) is 0 Å². The molecule has 2 atom stereocenters. The first-order valence-electron chi connectivity index (χ1n) is 3.50. The molecule has 0 aromatic carbocycles. The van der Waals surface area contributed by atoms with Crippen molar-refractivity contribution in [3.05, 3.63) is 0 Å². The third kappa shape index (κ3) is 1.89. The Hall–Kier alpha value is -0.300. The molecule has 3 N–H and O–H groups in total. The van der Waals surface area contributed by atoms with E-state index in [4.69, 9.17) is 10.4 Å². The fourth-order valence-corrected chi connectivity index (χ4v) is 2.13. The maximum absolute atomic E-state index is 10.7. The van der Waals surface area contributed by atoms with Crippen LogP contribution in [-0.2, 0) is 9.68 Å². The van der Waals surface area contributed by atoms with E-state index in [1.807, 2.05) is 0 Å². The maximum atomic E-state index is 10.7. The lowest BCUT2D eigenvalue weighted by Gasteiger charge is -2.18. The van der Waals surface area contributed by atoms with Gasteiger partial charge in [0, 0.05) is 11.8 Å². The quantitative estimate of drug-likeness (QED) is 0.432. The molecular weight excluding hydrogens is 182 g/mol. The zero-order valence-corrected chi connectivity index (χ0v) is 7.43. The van der Waals surface area contributed by atoms with Gasteiger partial charge in [-0.1, -0.05) is 0 Å². The maximum Gasteiger partial charge on any atom is 0.334 e. The van der Waals surface area contributed by atoms with Gasteiger partial charge in [-0.25, -0.2) is 9.68 Å². The molecule has 1 unspecified atom stereocenters. The Labute approximate surface area is 74.0 Å². The average molecular weight is 193 g/mol. The lowest BCUT2D eigenvalue weighted by Crippen LogP contribution is -2.46. The van der Waals surface area contributed by atoms with E-state index in [1.54, 1.807) is 6.92 Å². The van der Waals surface area contributed by atoms with Gasteiger partial charge in [0.1, 0.15) is 0 Å². The van der Waals surface area contributed by atoms with E-state index in [-0.39, 0.29) is 12.6 Å². The van der Waals surface area contributed by atoms with Crippen molar-refractivity contribution in [1.82, 2.24) is 5.32 Å². The van der Waals surface area contributed by atoms with Gasteiger partial charge >= 0.3 is 5.97 Å². The molecule has 6 heteroatoms. The Bertz CT molecular complexity index is 188. The zero-order chi connectivity index (χ0) is 9.19. The lowest BCUT2D eigenvalue weighted by atomic mass is 10.3. The van der Waals surface area contributed by atoms with Crippen molar-refractivity contribution in [3.8, 4) is 0 Å². The number of hydrogen-bond donors (Lipinski definition) is 3. The van der Waals surface area contributed by atoms with Gasteiger partial charge in [-0.2, -0.15) is 0 Å². The summed E-state index contributed by atoms with van der Waals surface area (Å²) in [5.74, 6) is -0.267. The van der Waals surface area contributed by atoms with Crippen LogP contribution in [0.15, 0.2) is 0 Å². The van der Waals surface area contributed by atoms with E-state index in [9.17, 15) is 4.79 Å². The highest BCUT2D eigenvalue weighted by Crippen LogP contribution is 2.29. The molecule has 1 aliphatic rings. The van der Waals surface area contributed by atoms with Gasteiger partial charge in [0.05, 0.1) is 6.61 Å². The molecule has 12 heavy (non-hydrogen) atoms. The summed E-state index contributed by atoms with van der Waals surface area (Å²) in [6.45, 7) is 1.72. The summed E-state index contributed by atoms with van der Waals surface area (Å²) >= 11 is 1.30. The highest BCUT2D eigenvalue weighted by molar-refractivity contribution is 8.01. The fourth-order valence-electron chi connectivity index (χ4n) is 1.04. The van der Waals surface area contributed by atoms with Gasteiger partial charge in [0.25, 0.3) is 0 Å². The smallest absolute Gasteiger partial charge is 0.334 e. The SMILES string of the molecule is CC1(C(=O)O)N[C@H](COO)CS1. The number of nitrogens with one attached hydrogen (secondary N) is 1. The Morgan fingerprint density at radius 1 is 1.92 bits per heavy atom. The lowest BCUT2D eigenvalue weighted by molar-refractivity contribution is -0.245. The highest BCUT2D eigenvalue weighted by Gasteiger charge is 2.41. The largest absolute Gasteiger partial charge is 0.479 e. The van der Waals surface area contributed by atoms with Crippen LogP contribution in [0.1, 0.15) is 6.92 Å². The van der Waals surface area contributed by atoms with Crippen molar-refractivity contribution >= 4 is 17.7 Å². The Balaban J connectivity index is 2.49. The molecular formula is C6H11NO4S. The minimum absolute atomic E-state index is 0.0962. The standard InChI is InChI=1S/C6H11NO4S/c1-6(5(8)9)7-4(2-11-10)3-12-6/h4,7,10H,2-3H2,1H3,(H,8,9)/t4-,6?/m1/s1. The van der Waals surface area contributed by atoms with Crippen molar-refractivity contribution in [1.29, 1.82) is 0 Å². The van der Waals surface area contributed by atoms with Crippen LogP contribution >= 0.6 is 11.8 Å². The fraction of sp³-hybridized carbons (Fsp3) is 0.833. The molecule has 0 aromatic heterocycles. The normalized spacial score (nSPS) is 35.3. The van der Waals surface area contributed by atoms with E-state index >= 15 is 0 Å². The molecule has 0 spiro atoms. The average Bonchev–Trinajstić information content (AvgIpc) is 2.34. The highest BCUT2D eigenvalue weighted by atomic mass is 32.2. The minimum atomic E-state index is -0.941. The van der Waals surface area contributed by atoms with Crippen molar-refractivity contribution in [2.75, 3.05) is 12.4 Å². The first-order chi connectivity index (χ1) is 5.58. The molecule has 1 rings (SSSR count). The van der Waals surface area contributed by atoms with Crippen LogP contribution in [-0.4, -0.2) is 39.6 Å². The third-order valence-corrected chi connectivity index (χ3v) is 3.18. The molecule has 0 aromatic rings. The predicted molar refractivity (Wildman–Crippen MR) is 44.0 cm³/mol. The van der Waals surface area contributed by atoms with Crippen LogP contribution in [0.3, 0.4) is 0 Å². The summed E-state index contributed by atoms with van der Waals surface area (Å²) in [6.07, 6.45) is 0. The second-order valence-corrected chi connectivity index (χ2v) is 4.22. The summed E-state index contributed by atoms with van der Waals surface area (Å²) in [5, 5.41) is 19.8. The molecule has 0 aliphatic carbocycles. The Kier molecular flexibility index (Phi) is 2.94. The molecule has 0 amide bonds. The topological polar surface area (TPSA) is 78.8 Å². The summed E-state index contributed by atoms with van der Waals surface area (Å²) in [4.78, 5) is 13.7. The molecule has 0 radical (unpaired) electrons. The second-order valence-electron chi connectivity index (χ2n) is 2.79. The van der Waals surface area contributed by atoms with E-state index in [0.29, 0.717) is 5.75 Å². The zero-order valence-electron chi connectivity index (χ0n) is 6.61. The van der Waals surface area contributed by atoms with Crippen LogP contribution < -0.4 is 5.32 Å². The van der Waals surface area contributed by atoms with Crippen LogP contribution in [0.2, 0.25) is 0 Å². The first kappa shape index (κ1) is 9.79. The van der Waals surface area contributed by atoms with Gasteiger partial charge in [0.2, 0.25) is 0 Å². The molecule has 1 fully saturated rings. The summed E-state index contributed by atoms with van der Waals surface area (Å²) in [6, 6.07) is -0.0962. The van der Waals surface area contributed by atoms with Crippen LogP contribution in [0.4, 0.5) is 0 Å². The number of thioether (sulfide) groups is 1. The van der Waals surface area contributed by atoms with Crippen molar-refractivity contribution in [2.45, 2.75) is 17.8 Å². The predicted octanol–water partition coefficient (Wildman–Crippen LogP) is -0.0182.